The van der Waals surface area contributed by atoms with Crippen LogP contribution in [-0.2, 0) is 10.0 Å². The molecule has 8 heteroatoms. The van der Waals surface area contributed by atoms with Crippen molar-refractivity contribution in [2.45, 2.75) is 17.7 Å². The van der Waals surface area contributed by atoms with Crippen molar-refractivity contribution < 1.29 is 22.6 Å². The van der Waals surface area contributed by atoms with E-state index in [1.54, 1.807) is 12.1 Å². The number of sulfonamides is 1. The highest BCUT2D eigenvalue weighted by atomic mass is 32.2. The third kappa shape index (κ3) is 4.05. The Balaban J connectivity index is 1.94. The van der Waals surface area contributed by atoms with Gasteiger partial charge in [-0.2, -0.15) is 0 Å². The predicted octanol–water partition coefficient (Wildman–Crippen LogP) is 3.11. The Morgan fingerprint density at radius 1 is 0.852 bits per heavy atom. The molecule has 0 aliphatic carbocycles. The molecule has 1 saturated heterocycles. The lowest BCUT2D eigenvalue weighted by atomic mass is 10.2. The minimum Gasteiger partial charge on any atom is -0.495 e. The Bertz CT molecular complexity index is 908. The summed E-state index contributed by atoms with van der Waals surface area (Å²) in [4.78, 5) is 2.31. The molecule has 1 heterocycles. The van der Waals surface area contributed by atoms with Crippen molar-refractivity contribution >= 4 is 21.4 Å². The molecule has 1 aliphatic heterocycles. The second kappa shape index (κ2) is 7.96. The number of nitrogens with zero attached hydrogens (tertiary/aromatic N) is 1. The Hall–Kier alpha value is -2.61. The summed E-state index contributed by atoms with van der Waals surface area (Å²) in [5, 5.41) is 0. The number of anilines is 2. The first-order valence-corrected chi connectivity index (χ1v) is 10.1. The fourth-order valence-corrected chi connectivity index (χ4v) is 4.21. The van der Waals surface area contributed by atoms with E-state index in [9.17, 15) is 8.42 Å². The minimum absolute atomic E-state index is 0.0776. The summed E-state index contributed by atoms with van der Waals surface area (Å²) < 4.78 is 44.1. The van der Waals surface area contributed by atoms with E-state index in [0.29, 0.717) is 22.9 Å². The molecule has 146 valence electrons. The first-order valence-electron chi connectivity index (χ1n) is 8.66. The molecule has 2 aromatic rings. The van der Waals surface area contributed by atoms with Crippen LogP contribution in [0.15, 0.2) is 41.3 Å². The molecule has 0 radical (unpaired) electrons. The van der Waals surface area contributed by atoms with Crippen LogP contribution < -0.4 is 23.8 Å². The fraction of sp³-hybridized carbons (Fsp3) is 0.368. The molecule has 27 heavy (non-hydrogen) atoms. The molecule has 7 nitrogen and oxygen atoms in total. The van der Waals surface area contributed by atoms with Crippen LogP contribution in [0.1, 0.15) is 12.8 Å². The minimum atomic E-state index is -3.83. The number of ether oxygens (including phenoxy) is 3. The third-order valence-corrected chi connectivity index (χ3v) is 5.93. The molecule has 0 aromatic heterocycles. The normalized spacial score (nSPS) is 14.1. The van der Waals surface area contributed by atoms with Gasteiger partial charge < -0.3 is 19.1 Å². The van der Waals surface area contributed by atoms with Gasteiger partial charge in [0.05, 0.1) is 31.9 Å². The lowest BCUT2D eigenvalue weighted by Crippen LogP contribution is -2.18. The van der Waals surface area contributed by atoms with Gasteiger partial charge in [-0.25, -0.2) is 8.42 Å². The van der Waals surface area contributed by atoms with E-state index >= 15 is 0 Å². The molecule has 0 saturated carbocycles. The topological polar surface area (TPSA) is 77.1 Å². The maximum atomic E-state index is 12.9. The molecule has 1 aliphatic rings. The monoisotopic (exact) mass is 392 g/mol. The van der Waals surface area contributed by atoms with E-state index in [2.05, 4.69) is 9.62 Å². The number of rotatable bonds is 7. The maximum Gasteiger partial charge on any atom is 0.262 e. The summed E-state index contributed by atoms with van der Waals surface area (Å²) in [5.41, 5.74) is 1.37. The lowest BCUT2D eigenvalue weighted by Gasteiger charge is -2.20. The second-order valence-electron chi connectivity index (χ2n) is 6.20. The van der Waals surface area contributed by atoms with Crippen molar-refractivity contribution in [2.75, 3.05) is 44.0 Å². The summed E-state index contributed by atoms with van der Waals surface area (Å²) in [7, 11) is 0.647. The van der Waals surface area contributed by atoms with Gasteiger partial charge in [0.2, 0.25) is 0 Å². The molecular formula is C19H24N2O5S. The van der Waals surface area contributed by atoms with Gasteiger partial charge in [-0.3, -0.25) is 4.72 Å². The van der Waals surface area contributed by atoms with Crippen LogP contribution in [0.25, 0.3) is 0 Å². The number of nitrogens with one attached hydrogen (secondary N) is 1. The lowest BCUT2D eigenvalue weighted by molar-refractivity contribution is 0.354. The van der Waals surface area contributed by atoms with Crippen molar-refractivity contribution in [2.24, 2.45) is 0 Å². The van der Waals surface area contributed by atoms with E-state index < -0.39 is 10.0 Å². The van der Waals surface area contributed by atoms with E-state index in [4.69, 9.17) is 14.2 Å². The van der Waals surface area contributed by atoms with Gasteiger partial charge in [-0.15, -0.1) is 0 Å². The first-order chi connectivity index (χ1) is 13.0. The van der Waals surface area contributed by atoms with Crippen LogP contribution in [0.5, 0.6) is 17.2 Å². The van der Waals surface area contributed by atoms with E-state index in [1.807, 2.05) is 12.1 Å². The van der Waals surface area contributed by atoms with Gasteiger partial charge in [0.25, 0.3) is 10.0 Å². The molecule has 3 rings (SSSR count). The number of hydrogen-bond donors (Lipinski definition) is 1. The van der Waals surface area contributed by atoms with Crippen molar-refractivity contribution in [3.05, 3.63) is 36.4 Å². The molecule has 0 atom stereocenters. The Morgan fingerprint density at radius 2 is 1.48 bits per heavy atom. The fourth-order valence-electron chi connectivity index (χ4n) is 3.14. The molecule has 1 fully saturated rings. The zero-order valence-electron chi connectivity index (χ0n) is 15.7. The molecule has 0 spiro atoms. The highest BCUT2D eigenvalue weighted by Crippen LogP contribution is 2.34. The van der Waals surface area contributed by atoms with Crippen molar-refractivity contribution in [3.63, 3.8) is 0 Å². The number of methoxy groups -OCH3 is 3. The summed E-state index contributed by atoms with van der Waals surface area (Å²) in [6, 6.07) is 9.99. The molecule has 0 unspecified atom stereocenters. The SMILES string of the molecule is COc1ccc(N2CCCC2)cc1NS(=O)(=O)c1ccc(OC)c(OC)c1. The van der Waals surface area contributed by atoms with Crippen molar-refractivity contribution in [3.8, 4) is 17.2 Å². The zero-order valence-corrected chi connectivity index (χ0v) is 16.5. The van der Waals surface area contributed by atoms with Crippen LogP contribution in [0.4, 0.5) is 11.4 Å². The van der Waals surface area contributed by atoms with Crippen LogP contribution in [0, 0.1) is 0 Å². The van der Waals surface area contributed by atoms with E-state index in [1.165, 1.54) is 33.5 Å². The van der Waals surface area contributed by atoms with Gasteiger partial charge in [0, 0.05) is 24.8 Å². The molecule has 0 amide bonds. The molecule has 0 bridgehead atoms. The van der Waals surface area contributed by atoms with Crippen molar-refractivity contribution in [1.82, 2.24) is 0 Å². The highest BCUT2D eigenvalue weighted by molar-refractivity contribution is 7.92. The molecule has 2 aromatic carbocycles. The van der Waals surface area contributed by atoms with Gasteiger partial charge in [0.15, 0.2) is 11.5 Å². The third-order valence-electron chi connectivity index (χ3n) is 4.56. The summed E-state index contributed by atoms with van der Waals surface area (Å²) >= 11 is 0. The van der Waals surface area contributed by atoms with E-state index in [-0.39, 0.29) is 4.90 Å². The highest BCUT2D eigenvalue weighted by Gasteiger charge is 2.21. The summed E-state index contributed by atoms with van der Waals surface area (Å²) in [6.07, 6.45) is 2.28. The number of hydrogen-bond acceptors (Lipinski definition) is 6. The molecule has 1 N–H and O–H groups in total. The quantitative estimate of drug-likeness (QED) is 0.780. The maximum absolute atomic E-state index is 12.9. The Labute approximate surface area is 159 Å². The van der Waals surface area contributed by atoms with Crippen LogP contribution >= 0.6 is 0 Å². The Morgan fingerprint density at radius 3 is 2.11 bits per heavy atom. The average molecular weight is 392 g/mol. The standard InChI is InChI=1S/C19H24N2O5S/c1-24-17-8-6-14(21-10-4-5-11-21)12-16(17)20-27(22,23)15-7-9-18(25-2)19(13-15)26-3/h6-9,12-13,20H,4-5,10-11H2,1-3H3. The molecular weight excluding hydrogens is 368 g/mol. The largest absolute Gasteiger partial charge is 0.495 e. The van der Waals surface area contributed by atoms with Gasteiger partial charge in [0.1, 0.15) is 5.75 Å². The van der Waals surface area contributed by atoms with Crippen LogP contribution in [-0.4, -0.2) is 42.8 Å². The van der Waals surface area contributed by atoms with Crippen molar-refractivity contribution in [1.29, 1.82) is 0 Å². The second-order valence-corrected chi connectivity index (χ2v) is 7.88. The summed E-state index contributed by atoms with van der Waals surface area (Å²) in [6.45, 7) is 1.93. The first kappa shape index (κ1) is 19.2. The smallest absolute Gasteiger partial charge is 0.262 e. The summed E-state index contributed by atoms with van der Waals surface area (Å²) in [5.74, 6) is 1.27. The number of benzene rings is 2. The van der Waals surface area contributed by atoms with Gasteiger partial charge >= 0.3 is 0 Å². The van der Waals surface area contributed by atoms with Gasteiger partial charge in [-0.1, -0.05) is 0 Å². The van der Waals surface area contributed by atoms with Crippen LogP contribution in [0.2, 0.25) is 0 Å². The predicted molar refractivity (Wildman–Crippen MR) is 105 cm³/mol. The average Bonchev–Trinajstić information content (AvgIpc) is 3.21. The Kier molecular flexibility index (Phi) is 5.65. The zero-order chi connectivity index (χ0) is 19.4. The van der Waals surface area contributed by atoms with Crippen LogP contribution in [0.3, 0.4) is 0 Å². The van der Waals surface area contributed by atoms with Gasteiger partial charge in [-0.05, 0) is 43.2 Å². The van der Waals surface area contributed by atoms with E-state index in [0.717, 1.165) is 31.6 Å².